The average Bonchev–Trinajstić information content (AvgIpc) is 2.77. The Kier molecular flexibility index (Phi) is 2.77. The summed E-state index contributed by atoms with van der Waals surface area (Å²) >= 11 is 0. The molecule has 0 saturated carbocycles. The minimum absolute atomic E-state index is 0.0660. The van der Waals surface area contributed by atoms with E-state index in [-0.39, 0.29) is 16.8 Å². The average molecular weight is 258 g/mol. The molecule has 1 N–H and O–H groups in total. The van der Waals surface area contributed by atoms with E-state index in [0.717, 1.165) is 24.6 Å². The van der Waals surface area contributed by atoms with Crippen molar-refractivity contribution in [1.82, 2.24) is 10.1 Å². The van der Waals surface area contributed by atoms with Crippen molar-refractivity contribution in [2.24, 2.45) is 0 Å². The highest BCUT2D eigenvalue weighted by Gasteiger charge is 2.32. The van der Waals surface area contributed by atoms with Gasteiger partial charge < -0.3 is 9.63 Å². The third-order valence-corrected chi connectivity index (χ3v) is 2.13. The summed E-state index contributed by atoms with van der Waals surface area (Å²) in [5.41, 5.74) is -1.24. The number of alkyl halides is 3. The number of pyridine rings is 1. The number of aromatic nitrogens is 2. The van der Waals surface area contributed by atoms with Crippen LogP contribution in [0.3, 0.4) is 0 Å². The molecule has 2 heterocycles. The Labute approximate surface area is 97.9 Å². The molecule has 0 aliphatic heterocycles. The standard InChI is InChI=1S/C10H5F3N2O3/c11-10(12,13)7-2-1-5(3-14-7)8-6(9(16)17)4-18-15-8/h1-4H,(H,16,17). The predicted octanol–water partition coefficient (Wildman–Crippen LogP) is 2.45. The van der Waals surface area contributed by atoms with E-state index >= 15 is 0 Å². The molecule has 0 bridgehead atoms. The Bertz CT molecular complexity index is 575. The van der Waals surface area contributed by atoms with Crippen LogP contribution in [0.2, 0.25) is 0 Å². The molecule has 0 spiro atoms. The fourth-order valence-electron chi connectivity index (χ4n) is 1.30. The van der Waals surface area contributed by atoms with Gasteiger partial charge in [-0.1, -0.05) is 5.16 Å². The van der Waals surface area contributed by atoms with Crippen molar-refractivity contribution in [2.45, 2.75) is 6.18 Å². The number of carboxylic acids is 1. The number of rotatable bonds is 2. The van der Waals surface area contributed by atoms with E-state index in [0.29, 0.717) is 0 Å². The van der Waals surface area contributed by atoms with E-state index < -0.39 is 17.8 Å². The molecule has 0 aliphatic rings. The van der Waals surface area contributed by atoms with Crippen LogP contribution in [0.5, 0.6) is 0 Å². The van der Waals surface area contributed by atoms with Crippen molar-refractivity contribution in [3.05, 3.63) is 35.9 Å². The minimum Gasteiger partial charge on any atom is -0.477 e. The first kappa shape index (κ1) is 12.1. The molecular weight excluding hydrogens is 253 g/mol. The molecule has 0 aliphatic carbocycles. The Morgan fingerprint density at radius 2 is 2.06 bits per heavy atom. The van der Waals surface area contributed by atoms with E-state index in [1.54, 1.807) is 0 Å². The van der Waals surface area contributed by atoms with Gasteiger partial charge in [-0.3, -0.25) is 4.98 Å². The second-order valence-electron chi connectivity index (χ2n) is 3.31. The van der Waals surface area contributed by atoms with Crippen molar-refractivity contribution < 1.29 is 27.6 Å². The van der Waals surface area contributed by atoms with Crippen molar-refractivity contribution in [1.29, 1.82) is 0 Å². The molecular formula is C10H5F3N2O3. The molecule has 8 heteroatoms. The highest BCUT2D eigenvalue weighted by atomic mass is 19.4. The van der Waals surface area contributed by atoms with E-state index in [4.69, 9.17) is 5.11 Å². The molecule has 0 amide bonds. The Morgan fingerprint density at radius 3 is 2.56 bits per heavy atom. The molecule has 0 saturated heterocycles. The van der Waals surface area contributed by atoms with Crippen LogP contribution in [0.1, 0.15) is 16.1 Å². The summed E-state index contributed by atoms with van der Waals surface area (Å²) in [6, 6.07) is 1.83. The van der Waals surface area contributed by atoms with Crippen LogP contribution < -0.4 is 0 Å². The van der Waals surface area contributed by atoms with Crippen LogP contribution in [0.4, 0.5) is 13.2 Å². The zero-order valence-electron chi connectivity index (χ0n) is 8.60. The molecule has 0 atom stereocenters. The zero-order chi connectivity index (χ0) is 13.3. The van der Waals surface area contributed by atoms with Crippen LogP contribution in [0.15, 0.2) is 29.1 Å². The molecule has 0 aromatic carbocycles. The van der Waals surface area contributed by atoms with Gasteiger partial charge in [-0.2, -0.15) is 13.2 Å². The minimum atomic E-state index is -4.54. The van der Waals surface area contributed by atoms with Gasteiger partial charge >= 0.3 is 12.1 Å². The Morgan fingerprint density at radius 1 is 1.33 bits per heavy atom. The van der Waals surface area contributed by atoms with Crippen LogP contribution in [-0.4, -0.2) is 21.2 Å². The first-order valence-corrected chi connectivity index (χ1v) is 4.61. The fraction of sp³-hybridized carbons (Fsp3) is 0.100. The van der Waals surface area contributed by atoms with E-state index in [1.165, 1.54) is 0 Å². The summed E-state index contributed by atoms with van der Waals surface area (Å²) in [5.74, 6) is -1.29. The SMILES string of the molecule is O=C(O)c1conc1-c1ccc(C(F)(F)F)nc1. The lowest BCUT2D eigenvalue weighted by Gasteiger charge is -2.05. The molecule has 2 rings (SSSR count). The monoisotopic (exact) mass is 258 g/mol. The van der Waals surface area contributed by atoms with Gasteiger partial charge in [0, 0.05) is 11.8 Å². The maximum Gasteiger partial charge on any atom is 0.433 e. The number of aromatic carboxylic acids is 1. The number of nitrogens with zero attached hydrogens (tertiary/aromatic N) is 2. The van der Waals surface area contributed by atoms with Crippen molar-refractivity contribution in [3.63, 3.8) is 0 Å². The number of carboxylic acid groups (broad SMARTS) is 1. The van der Waals surface area contributed by atoms with Crippen molar-refractivity contribution in [2.75, 3.05) is 0 Å². The van der Waals surface area contributed by atoms with Gasteiger partial charge in [0.2, 0.25) is 0 Å². The van der Waals surface area contributed by atoms with Gasteiger partial charge in [0.15, 0.2) is 0 Å². The fourth-order valence-corrected chi connectivity index (χ4v) is 1.30. The summed E-state index contributed by atoms with van der Waals surface area (Å²) in [5, 5.41) is 12.2. The number of halogens is 3. The molecule has 5 nitrogen and oxygen atoms in total. The number of hydrogen-bond donors (Lipinski definition) is 1. The number of carbonyl (C=O) groups is 1. The normalized spacial score (nSPS) is 11.5. The summed E-state index contributed by atoms with van der Waals surface area (Å²) in [7, 11) is 0. The maximum absolute atomic E-state index is 12.3. The summed E-state index contributed by atoms with van der Waals surface area (Å²) < 4.78 is 41.3. The van der Waals surface area contributed by atoms with Crippen molar-refractivity contribution >= 4 is 5.97 Å². The molecule has 94 valence electrons. The zero-order valence-corrected chi connectivity index (χ0v) is 8.60. The van der Waals surface area contributed by atoms with Crippen LogP contribution in [0.25, 0.3) is 11.3 Å². The van der Waals surface area contributed by atoms with Gasteiger partial charge in [0.1, 0.15) is 23.2 Å². The summed E-state index contributed by atoms with van der Waals surface area (Å²) in [4.78, 5) is 14.0. The van der Waals surface area contributed by atoms with Gasteiger partial charge in [0.25, 0.3) is 0 Å². The lowest BCUT2D eigenvalue weighted by atomic mass is 10.1. The number of hydrogen-bond acceptors (Lipinski definition) is 4. The third kappa shape index (κ3) is 2.17. The Balaban J connectivity index is 2.41. The molecule has 0 fully saturated rings. The second-order valence-corrected chi connectivity index (χ2v) is 3.31. The van der Waals surface area contributed by atoms with Gasteiger partial charge in [-0.25, -0.2) is 4.79 Å². The lowest BCUT2D eigenvalue weighted by Crippen LogP contribution is -2.07. The highest BCUT2D eigenvalue weighted by molar-refractivity contribution is 5.94. The molecule has 2 aromatic heterocycles. The van der Waals surface area contributed by atoms with Gasteiger partial charge in [0.05, 0.1) is 0 Å². The van der Waals surface area contributed by atoms with Crippen LogP contribution in [-0.2, 0) is 6.18 Å². The summed E-state index contributed by atoms with van der Waals surface area (Å²) in [6.45, 7) is 0. The molecule has 18 heavy (non-hydrogen) atoms. The van der Waals surface area contributed by atoms with Crippen LogP contribution in [0, 0.1) is 0 Å². The first-order valence-electron chi connectivity index (χ1n) is 4.61. The quantitative estimate of drug-likeness (QED) is 0.895. The Hall–Kier alpha value is -2.38. The van der Waals surface area contributed by atoms with E-state index in [1.807, 2.05) is 0 Å². The third-order valence-electron chi connectivity index (χ3n) is 2.13. The van der Waals surface area contributed by atoms with E-state index in [9.17, 15) is 18.0 Å². The van der Waals surface area contributed by atoms with Gasteiger partial charge in [-0.15, -0.1) is 0 Å². The topological polar surface area (TPSA) is 76.2 Å². The van der Waals surface area contributed by atoms with Crippen molar-refractivity contribution in [3.8, 4) is 11.3 Å². The molecule has 0 unspecified atom stereocenters. The predicted molar refractivity (Wildman–Crippen MR) is 51.7 cm³/mol. The lowest BCUT2D eigenvalue weighted by molar-refractivity contribution is -0.141. The molecule has 0 radical (unpaired) electrons. The smallest absolute Gasteiger partial charge is 0.433 e. The highest BCUT2D eigenvalue weighted by Crippen LogP contribution is 2.29. The van der Waals surface area contributed by atoms with Gasteiger partial charge in [-0.05, 0) is 12.1 Å². The largest absolute Gasteiger partial charge is 0.477 e. The maximum atomic E-state index is 12.3. The van der Waals surface area contributed by atoms with E-state index in [2.05, 4.69) is 14.7 Å². The first-order chi connectivity index (χ1) is 8.39. The second kappa shape index (κ2) is 4.13. The summed E-state index contributed by atoms with van der Waals surface area (Å²) in [6.07, 6.45) is -2.75. The molecule has 2 aromatic rings. The van der Waals surface area contributed by atoms with Crippen LogP contribution >= 0.6 is 0 Å².